The van der Waals surface area contributed by atoms with Crippen LogP contribution in [-0.2, 0) is 21.6 Å². The van der Waals surface area contributed by atoms with Crippen molar-refractivity contribution in [2.24, 2.45) is 0 Å². The number of hydrogen-bond acceptors (Lipinski definition) is 5. The Morgan fingerprint density at radius 2 is 2.23 bits per heavy atom. The van der Waals surface area contributed by atoms with Gasteiger partial charge in [0, 0.05) is 12.7 Å². The van der Waals surface area contributed by atoms with Gasteiger partial charge in [-0.3, -0.25) is 14.3 Å². The maximum atomic E-state index is 12.1. The fourth-order valence-electron chi connectivity index (χ4n) is 2.81. The number of β-lactam (4-membered cyclic amide) rings is 1. The molecule has 2 aliphatic rings. The van der Waals surface area contributed by atoms with Crippen molar-refractivity contribution in [2.75, 3.05) is 6.54 Å². The summed E-state index contributed by atoms with van der Waals surface area (Å²) in [6, 6.07) is 3.34. The molecule has 0 aliphatic carbocycles. The molecule has 3 rings (SSSR count). The number of likely N-dealkylation sites (tertiary alicyclic amines) is 1. The molecule has 0 bridgehead atoms. The van der Waals surface area contributed by atoms with Crippen molar-refractivity contribution in [1.82, 2.24) is 19.5 Å². The maximum absolute atomic E-state index is 12.1. The van der Waals surface area contributed by atoms with Crippen LogP contribution >= 0.6 is 0 Å². The van der Waals surface area contributed by atoms with E-state index in [1.807, 2.05) is 0 Å². The SMILES string of the molecule is O=C(NCc1ccccn1)N1CCC2C1C(=O)N2S(=O)(=O)O. The summed E-state index contributed by atoms with van der Waals surface area (Å²) in [6.07, 6.45) is 1.92. The van der Waals surface area contributed by atoms with Crippen LogP contribution in [0.25, 0.3) is 0 Å². The van der Waals surface area contributed by atoms with Crippen LogP contribution < -0.4 is 5.32 Å². The van der Waals surface area contributed by atoms with E-state index >= 15 is 0 Å². The lowest BCUT2D eigenvalue weighted by Gasteiger charge is -2.42. The van der Waals surface area contributed by atoms with E-state index in [1.165, 1.54) is 4.90 Å². The Balaban J connectivity index is 1.63. The number of amides is 3. The molecule has 1 aromatic heterocycles. The molecule has 10 heteroatoms. The highest BCUT2D eigenvalue weighted by Crippen LogP contribution is 2.35. The fourth-order valence-corrected chi connectivity index (χ4v) is 3.71. The van der Waals surface area contributed by atoms with Crippen LogP contribution in [0.15, 0.2) is 24.4 Å². The number of hydrogen-bond donors (Lipinski definition) is 2. The van der Waals surface area contributed by atoms with Gasteiger partial charge in [0.05, 0.1) is 18.3 Å². The van der Waals surface area contributed by atoms with E-state index < -0.39 is 34.3 Å². The molecule has 2 atom stereocenters. The lowest BCUT2D eigenvalue weighted by Crippen LogP contribution is -2.68. The Morgan fingerprint density at radius 1 is 1.45 bits per heavy atom. The van der Waals surface area contributed by atoms with E-state index in [9.17, 15) is 18.0 Å². The van der Waals surface area contributed by atoms with Crippen molar-refractivity contribution in [1.29, 1.82) is 0 Å². The van der Waals surface area contributed by atoms with Crippen LogP contribution in [0.3, 0.4) is 0 Å². The average molecular weight is 326 g/mol. The van der Waals surface area contributed by atoms with Gasteiger partial charge in [-0.2, -0.15) is 8.42 Å². The van der Waals surface area contributed by atoms with Gasteiger partial charge in [0.2, 0.25) is 0 Å². The zero-order chi connectivity index (χ0) is 15.9. The van der Waals surface area contributed by atoms with Crippen molar-refractivity contribution >= 4 is 22.2 Å². The van der Waals surface area contributed by atoms with Gasteiger partial charge in [-0.25, -0.2) is 9.10 Å². The molecule has 2 aliphatic heterocycles. The minimum Gasteiger partial charge on any atom is -0.332 e. The van der Waals surface area contributed by atoms with E-state index in [4.69, 9.17) is 4.55 Å². The number of fused-ring (bicyclic) bond motifs is 1. The summed E-state index contributed by atoms with van der Waals surface area (Å²) in [4.78, 5) is 29.3. The number of urea groups is 1. The smallest absolute Gasteiger partial charge is 0.332 e. The predicted octanol–water partition coefficient (Wildman–Crippen LogP) is -0.621. The van der Waals surface area contributed by atoms with Crippen LogP contribution in [0, 0.1) is 0 Å². The second-order valence-electron chi connectivity index (χ2n) is 5.09. The topological polar surface area (TPSA) is 120 Å². The van der Waals surface area contributed by atoms with Crippen molar-refractivity contribution in [2.45, 2.75) is 25.0 Å². The van der Waals surface area contributed by atoms with Crippen LogP contribution in [-0.4, -0.2) is 57.7 Å². The number of pyridine rings is 1. The molecule has 3 amide bonds. The summed E-state index contributed by atoms with van der Waals surface area (Å²) < 4.78 is 31.6. The second kappa shape index (κ2) is 5.21. The molecule has 0 aromatic carbocycles. The largest absolute Gasteiger partial charge is 0.362 e. The molecule has 0 radical (unpaired) electrons. The minimum atomic E-state index is -4.56. The molecular formula is C12H14N4O5S. The molecule has 0 spiro atoms. The van der Waals surface area contributed by atoms with Crippen LogP contribution in [0.1, 0.15) is 12.1 Å². The second-order valence-corrected chi connectivity index (χ2v) is 6.37. The summed E-state index contributed by atoms with van der Waals surface area (Å²) >= 11 is 0. The molecule has 1 aromatic rings. The lowest BCUT2D eigenvalue weighted by atomic mass is 10.0. The van der Waals surface area contributed by atoms with E-state index in [1.54, 1.807) is 24.4 Å². The maximum Gasteiger partial charge on any atom is 0.362 e. The lowest BCUT2D eigenvalue weighted by molar-refractivity contribution is -0.143. The number of aromatic nitrogens is 1. The highest BCUT2D eigenvalue weighted by molar-refractivity contribution is 7.84. The zero-order valence-electron chi connectivity index (χ0n) is 11.4. The number of rotatable bonds is 3. The van der Waals surface area contributed by atoms with Gasteiger partial charge in [-0.15, -0.1) is 0 Å². The third-order valence-corrected chi connectivity index (χ3v) is 4.74. The van der Waals surface area contributed by atoms with Crippen molar-refractivity contribution in [3.8, 4) is 0 Å². The van der Waals surface area contributed by atoms with E-state index in [-0.39, 0.29) is 13.1 Å². The van der Waals surface area contributed by atoms with E-state index in [0.717, 1.165) is 0 Å². The monoisotopic (exact) mass is 326 g/mol. The summed E-state index contributed by atoms with van der Waals surface area (Å²) in [5.41, 5.74) is 0.672. The Hall–Kier alpha value is -2.20. The van der Waals surface area contributed by atoms with Gasteiger partial charge in [-0.05, 0) is 18.6 Å². The summed E-state index contributed by atoms with van der Waals surface area (Å²) in [6.45, 7) is 0.463. The Labute approximate surface area is 126 Å². The molecule has 22 heavy (non-hydrogen) atoms. The summed E-state index contributed by atoms with van der Waals surface area (Å²) in [5.74, 6) is -0.780. The van der Waals surface area contributed by atoms with Gasteiger partial charge in [0.15, 0.2) is 0 Å². The number of nitrogens with zero attached hydrogens (tertiary/aromatic N) is 3. The van der Waals surface area contributed by atoms with Crippen molar-refractivity contribution < 1.29 is 22.6 Å². The minimum absolute atomic E-state index is 0.212. The van der Waals surface area contributed by atoms with E-state index in [2.05, 4.69) is 10.3 Å². The highest BCUT2D eigenvalue weighted by Gasteiger charge is 2.59. The Bertz CT molecular complexity index is 707. The summed E-state index contributed by atoms with van der Waals surface area (Å²) in [7, 11) is -4.56. The highest BCUT2D eigenvalue weighted by atomic mass is 32.2. The molecule has 2 saturated heterocycles. The average Bonchev–Trinajstić information content (AvgIpc) is 2.83. The molecular weight excluding hydrogens is 312 g/mol. The first kappa shape index (κ1) is 14.7. The van der Waals surface area contributed by atoms with Gasteiger partial charge < -0.3 is 10.2 Å². The molecule has 2 fully saturated rings. The predicted molar refractivity (Wildman–Crippen MR) is 73.8 cm³/mol. The first-order valence-corrected chi connectivity index (χ1v) is 8.04. The molecule has 9 nitrogen and oxygen atoms in total. The zero-order valence-corrected chi connectivity index (χ0v) is 12.2. The molecule has 0 saturated carbocycles. The number of nitrogens with one attached hydrogen (secondary N) is 1. The van der Waals surface area contributed by atoms with Gasteiger partial charge in [0.25, 0.3) is 5.91 Å². The van der Waals surface area contributed by atoms with Crippen LogP contribution in [0.5, 0.6) is 0 Å². The first-order valence-electron chi connectivity index (χ1n) is 6.64. The van der Waals surface area contributed by atoms with E-state index in [0.29, 0.717) is 16.4 Å². The number of carbonyl (C=O) groups is 2. The van der Waals surface area contributed by atoms with Gasteiger partial charge >= 0.3 is 16.3 Å². The van der Waals surface area contributed by atoms with Gasteiger partial charge in [0.1, 0.15) is 6.04 Å². The Kier molecular flexibility index (Phi) is 3.49. The quantitative estimate of drug-likeness (QED) is 0.564. The molecule has 118 valence electrons. The van der Waals surface area contributed by atoms with Crippen LogP contribution in [0.4, 0.5) is 4.79 Å². The Morgan fingerprint density at radius 3 is 2.86 bits per heavy atom. The normalized spacial score (nSPS) is 24.0. The standard InChI is InChI=1S/C12H14N4O5S/c17-11-10-9(16(11)22(19,20)21)4-6-15(10)12(18)14-7-8-3-1-2-5-13-8/h1-3,5,9-10H,4,6-7H2,(H,14,18)(H,19,20,21). The van der Waals surface area contributed by atoms with Crippen molar-refractivity contribution in [3.63, 3.8) is 0 Å². The first-order chi connectivity index (χ1) is 10.4. The molecule has 2 N–H and O–H groups in total. The number of carbonyl (C=O) groups excluding carboxylic acids is 2. The molecule has 2 unspecified atom stereocenters. The molecule has 3 heterocycles. The fraction of sp³-hybridized carbons (Fsp3) is 0.417. The summed E-state index contributed by atoms with van der Waals surface area (Å²) in [5, 5.41) is 2.64. The van der Waals surface area contributed by atoms with Crippen LogP contribution in [0.2, 0.25) is 0 Å². The van der Waals surface area contributed by atoms with Crippen molar-refractivity contribution in [3.05, 3.63) is 30.1 Å². The third kappa shape index (κ3) is 2.40. The third-order valence-electron chi connectivity index (χ3n) is 3.79. The van der Waals surface area contributed by atoms with Gasteiger partial charge in [-0.1, -0.05) is 6.07 Å².